The smallest absolute Gasteiger partial charge is 0.0433 e. The lowest BCUT2D eigenvalue weighted by Crippen LogP contribution is -2.22. The van der Waals surface area contributed by atoms with Gasteiger partial charge in [-0.15, -0.1) is 0 Å². The van der Waals surface area contributed by atoms with E-state index in [1.807, 2.05) is 30.3 Å². The standard InChI is InChI=1S/C20H20N2/c21-19-12-7-13-20(14-19)22(15-17-8-3-1-4-9-17)16-18-10-5-2-6-11-18/h1-14H,15-16,21H2. The maximum Gasteiger partial charge on any atom is 0.0433 e. The first-order valence-corrected chi connectivity index (χ1v) is 7.49. The number of rotatable bonds is 5. The van der Waals surface area contributed by atoms with Gasteiger partial charge in [-0.2, -0.15) is 0 Å². The van der Waals surface area contributed by atoms with Crippen molar-refractivity contribution in [3.05, 3.63) is 96.1 Å². The molecular formula is C20H20N2. The molecule has 3 rings (SSSR count). The lowest BCUT2D eigenvalue weighted by Gasteiger charge is -2.25. The van der Waals surface area contributed by atoms with Gasteiger partial charge in [0.15, 0.2) is 0 Å². The van der Waals surface area contributed by atoms with E-state index in [-0.39, 0.29) is 0 Å². The molecule has 0 aromatic heterocycles. The van der Waals surface area contributed by atoms with Crippen molar-refractivity contribution in [3.8, 4) is 0 Å². The SMILES string of the molecule is Nc1cccc(N(Cc2ccccc2)Cc2ccccc2)c1. The van der Waals surface area contributed by atoms with Crippen LogP contribution in [0.5, 0.6) is 0 Å². The fraction of sp³-hybridized carbons (Fsp3) is 0.100. The van der Waals surface area contributed by atoms with E-state index in [1.165, 1.54) is 11.1 Å². The maximum absolute atomic E-state index is 5.96. The molecule has 0 bridgehead atoms. The Morgan fingerprint density at radius 1 is 0.636 bits per heavy atom. The normalized spacial score (nSPS) is 10.4. The number of nitrogens with zero attached hydrogens (tertiary/aromatic N) is 1. The zero-order valence-corrected chi connectivity index (χ0v) is 12.5. The molecule has 0 saturated carbocycles. The van der Waals surface area contributed by atoms with Crippen molar-refractivity contribution in [2.75, 3.05) is 10.6 Å². The molecule has 0 radical (unpaired) electrons. The Labute approximate surface area is 131 Å². The maximum atomic E-state index is 5.96. The highest BCUT2D eigenvalue weighted by Crippen LogP contribution is 2.22. The lowest BCUT2D eigenvalue weighted by molar-refractivity contribution is 0.800. The Morgan fingerprint density at radius 2 is 1.18 bits per heavy atom. The molecule has 0 aliphatic rings. The van der Waals surface area contributed by atoms with Gasteiger partial charge >= 0.3 is 0 Å². The first-order chi connectivity index (χ1) is 10.8. The van der Waals surface area contributed by atoms with Crippen molar-refractivity contribution in [1.82, 2.24) is 0 Å². The van der Waals surface area contributed by atoms with E-state index in [0.29, 0.717) is 0 Å². The van der Waals surface area contributed by atoms with Crippen LogP contribution in [0, 0.1) is 0 Å². The first kappa shape index (κ1) is 14.2. The Bertz CT molecular complexity index is 667. The molecule has 0 amide bonds. The molecule has 110 valence electrons. The van der Waals surface area contributed by atoms with Crippen molar-refractivity contribution in [3.63, 3.8) is 0 Å². The van der Waals surface area contributed by atoms with Crippen LogP contribution in [0.1, 0.15) is 11.1 Å². The number of nitrogens with two attached hydrogens (primary N) is 1. The Kier molecular flexibility index (Phi) is 4.40. The Hall–Kier alpha value is -2.74. The van der Waals surface area contributed by atoms with Gasteiger partial charge in [0.25, 0.3) is 0 Å². The second-order valence-corrected chi connectivity index (χ2v) is 5.42. The monoisotopic (exact) mass is 288 g/mol. The van der Waals surface area contributed by atoms with Gasteiger partial charge < -0.3 is 10.6 Å². The molecule has 0 heterocycles. The molecule has 0 aliphatic carbocycles. The minimum atomic E-state index is 0.795. The predicted octanol–water partition coefficient (Wildman–Crippen LogP) is 4.48. The fourth-order valence-corrected chi connectivity index (χ4v) is 2.57. The summed E-state index contributed by atoms with van der Waals surface area (Å²) in [5.74, 6) is 0. The van der Waals surface area contributed by atoms with Crippen molar-refractivity contribution in [1.29, 1.82) is 0 Å². The molecule has 2 heteroatoms. The summed E-state index contributed by atoms with van der Waals surface area (Å²) in [6, 6.07) is 29.1. The van der Waals surface area contributed by atoms with E-state index >= 15 is 0 Å². The molecule has 0 aliphatic heterocycles. The summed E-state index contributed by atoms with van der Waals surface area (Å²) in [4.78, 5) is 2.35. The third-order valence-electron chi connectivity index (χ3n) is 3.67. The van der Waals surface area contributed by atoms with Crippen molar-refractivity contribution < 1.29 is 0 Å². The molecule has 0 unspecified atom stereocenters. The van der Waals surface area contributed by atoms with Gasteiger partial charge in [0.2, 0.25) is 0 Å². The Morgan fingerprint density at radius 3 is 1.68 bits per heavy atom. The average molecular weight is 288 g/mol. The van der Waals surface area contributed by atoms with E-state index in [2.05, 4.69) is 59.5 Å². The quantitative estimate of drug-likeness (QED) is 0.702. The fourth-order valence-electron chi connectivity index (χ4n) is 2.57. The molecule has 3 aromatic carbocycles. The second kappa shape index (κ2) is 6.81. The van der Waals surface area contributed by atoms with Gasteiger partial charge in [-0.3, -0.25) is 0 Å². The summed E-state index contributed by atoms with van der Waals surface area (Å²) in [6.45, 7) is 1.72. The zero-order valence-electron chi connectivity index (χ0n) is 12.5. The minimum absolute atomic E-state index is 0.795. The topological polar surface area (TPSA) is 29.3 Å². The van der Waals surface area contributed by atoms with Crippen LogP contribution in [0.3, 0.4) is 0 Å². The van der Waals surface area contributed by atoms with Crippen LogP contribution >= 0.6 is 0 Å². The van der Waals surface area contributed by atoms with Crippen molar-refractivity contribution >= 4 is 11.4 Å². The summed E-state index contributed by atoms with van der Waals surface area (Å²) in [6.07, 6.45) is 0. The van der Waals surface area contributed by atoms with Gasteiger partial charge in [-0.25, -0.2) is 0 Å². The number of nitrogen functional groups attached to an aromatic ring is 1. The van der Waals surface area contributed by atoms with Gasteiger partial charge in [0.05, 0.1) is 0 Å². The van der Waals surface area contributed by atoms with Gasteiger partial charge in [-0.05, 0) is 29.3 Å². The van der Waals surface area contributed by atoms with Crippen LogP contribution in [0.4, 0.5) is 11.4 Å². The lowest BCUT2D eigenvalue weighted by atomic mass is 10.1. The highest BCUT2D eigenvalue weighted by molar-refractivity contribution is 5.56. The minimum Gasteiger partial charge on any atom is -0.399 e. The molecule has 3 aromatic rings. The van der Waals surface area contributed by atoms with E-state index in [4.69, 9.17) is 5.73 Å². The van der Waals surface area contributed by atoms with Crippen LogP contribution in [0.15, 0.2) is 84.9 Å². The zero-order chi connectivity index (χ0) is 15.2. The molecule has 0 saturated heterocycles. The molecule has 2 N–H and O–H groups in total. The van der Waals surface area contributed by atoms with E-state index in [9.17, 15) is 0 Å². The van der Waals surface area contributed by atoms with Crippen LogP contribution in [0.25, 0.3) is 0 Å². The second-order valence-electron chi connectivity index (χ2n) is 5.42. The summed E-state index contributed by atoms with van der Waals surface area (Å²) in [7, 11) is 0. The third-order valence-corrected chi connectivity index (χ3v) is 3.67. The van der Waals surface area contributed by atoms with Crippen LogP contribution in [0.2, 0.25) is 0 Å². The molecule has 2 nitrogen and oxygen atoms in total. The summed E-state index contributed by atoms with van der Waals surface area (Å²) >= 11 is 0. The molecule has 0 atom stereocenters. The molecule has 22 heavy (non-hydrogen) atoms. The number of hydrogen-bond donors (Lipinski definition) is 1. The van der Waals surface area contributed by atoms with Gasteiger partial charge in [0.1, 0.15) is 0 Å². The van der Waals surface area contributed by atoms with Crippen LogP contribution in [-0.2, 0) is 13.1 Å². The summed E-state index contributed by atoms with van der Waals surface area (Å²) < 4.78 is 0. The highest BCUT2D eigenvalue weighted by Gasteiger charge is 2.08. The van der Waals surface area contributed by atoms with Crippen molar-refractivity contribution in [2.45, 2.75) is 13.1 Å². The predicted molar refractivity (Wildman–Crippen MR) is 93.6 cm³/mol. The highest BCUT2D eigenvalue weighted by atomic mass is 15.1. The molecule has 0 spiro atoms. The van der Waals surface area contributed by atoms with E-state index in [1.54, 1.807) is 0 Å². The van der Waals surface area contributed by atoms with Crippen molar-refractivity contribution in [2.24, 2.45) is 0 Å². The van der Waals surface area contributed by atoms with E-state index in [0.717, 1.165) is 24.5 Å². The van der Waals surface area contributed by atoms with Crippen LogP contribution in [-0.4, -0.2) is 0 Å². The molecule has 0 fully saturated rings. The summed E-state index contributed by atoms with van der Waals surface area (Å²) in [5, 5.41) is 0. The van der Waals surface area contributed by atoms with Crippen LogP contribution < -0.4 is 10.6 Å². The number of anilines is 2. The van der Waals surface area contributed by atoms with E-state index < -0.39 is 0 Å². The average Bonchev–Trinajstić information content (AvgIpc) is 2.56. The summed E-state index contributed by atoms with van der Waals surface area (Å²) in [5.41, 5.74) is 10.5. The number of benzene rings is 3. The number of hydrogen-bond acceptors (Lipinski definition) is 2. The van der Waals surface area contributed by atoms with Gasteiger partial charge in [-0.1, -0.05) is 66.7 Å². The van der Waals surface area contributed by atoms with Gasteiger partial charge in [0, 0.05) is 24.5 Å². The largest absolute Gasteiger partial charge is 0.399 e. The first-order valence-electron chi connectivity index (χ1n) is 7.49. The Balaban J connectivity index is 1.88. The third kappa shape index (κ3) is 3.67. The molecular weight excluding hydrogens is 268 g/mol.